The summed E-state index contributed by atoms with van der Waals surface area (Å²) in [6.45, 7) is 0.921. The molecular weight excluding hydrogens is 230 g/mol. The fourth-order valence-corrected chi connectivity index (χ4v) is 2.37. The van der Waals surface area contributed by atoms with Crippen LogP contribution in [0.3, 0.4) is 0 Å². The quantitative estimate of drug-likeness (QED) is 0.888. The van der Waals surface area contributed by atoms with Crippen molar-refractivity contribution in [1.29, 1.82) is 5.26 Å². The lowest BCUT2D eigenvalue weighted by atomic mass is 9.76. The van der Waals surface area contributed by atoms with E-state index in [0.717, 1.165) is 6.42 Å². The molecule has 1 aromatic carbocycles. The van der Waals surface area contributed by atoms with E-state index in [2.05, 4.69) is 6.07 Å². The second-order valence-corrected chi connectivity index (χ2v) is 4.57. The minimum absolute atomic E-state index is 0.267. The molecule has 96 valence electrons. The maximum absolute atomic E-state index is 10.5. The molecule has 2 unspecified atom stereocenters. The van der Waals surface area contributed by atoms with Gasteiger partial charge in [0.25, 0.3) is 0 Å². The highest BCUT2D eigenvalue weighted by Crippen LogP contribution is 2.42. The molecule has 0 amide bonds. The van der Waals surface area contributed by atoms with E-state index in [1.54, 1.807) is 19.2 Å². The summed E-state index contributed by atoms with van der Waals surface area (Å²) in [5.74, 6) is 0.602. The molecule has 1 aliphatic rings. The second kappa shape index (κ2) is 5.38. The van der Waals surface area contributed by atoms with E-state index in [9.17, 15) is 10.4 Å². The summed E-state index contributed by atoms with van der Waals surface area (Å²) >= 11 is 0. The average molecular weight is 247 g/mol. The Morgan fingerprint density at radius 3 is 2.89 bits per heavy atom. The van der Waals surface area contributed by atoms with Crippen LogP contribution in [0.2, 0.25) is 0 Å². The zero-order valence-corrected chi connectivity index (χ0v) is 10.4. The lowest BCUT2D eigenvalue weighted by molar-refractivity contribution is -0.0512. The third kappa shape index (κ3) is 2.20. The van der Waals surface area contributed by atoms with E-state index in [1.807, 2.05) is 12.1 Å². The zero-order chi connectivity index (χ0) is 13.0. The number of benzene rings is 1. The van der Waals surface area contributed by atoms with Crippen LogP contribution in [-0.2, 0) is 4.74 Å². The van der Waals surface area contributed by atoms with Crippen LogP contribution in [0.1, 0.15) is 24.5 Å². The monoisotopic (exact) mass is 247 g/mol. The van der Waals surface area contributed by atoms with E-state index < -0.39 is 11.5 Å². The van der Waals surface area contributed by atoms with Gasteiger partial charge in [-0.25, -0.2) is 0 Å². The van der Waals surface area contributed by atoms with Gasteiger partial charge in [-0.05, 0) is 18.9 Å². The average Bonchev–Trinajstić information content (AvgIpc) is 2.47. The number of aliphatic hydroxyl groups is 1. The van der Waals surface area contributed by atoms with Crippen molar-refractivity contribution in [3.8, 4) is 11.8 Å². The molecule has 0 aliphatic carbocycles. The van der Waals surface area contributed by atoms with Gasteiger partial charge in [0, 0.05) is 12.2 Å². The van der Waals surface area contributed by atoms with Crippen molar-refractivity contribution in [2.75, 3.05) is 20.3 Å². The highest BCUT2D eigenvalue weighted by atomic mass is 16.5. The molecule has 0 saturated carbocycles. The van der Waals surface area contributed by atoms with Crippen molar-refractivity contribution < 1.29 is 14.6 Å². The van der Waals surface area contributed by atoms with Gasteiger partial charge in [0.05, 0.1) is 19.8 Å². The van der Waals surface area contributed by atoms with Crippen molar-refractivity contribution in [2.24, 2.45) is 5.41 Å². The summed E-state index contributed by atoms with van der Waals surface area (Å²) < 4.78 is 10.6. The molecule has 1 N–H and O–H groups in total. The lowest BCUT2D eigenvalue weighted by Gasteiger charge is -2.35. The summed E-state index contributed by atoms with van der Waals surface area (Å²) in [6.07, 6.45) is 0.543. The van der Waals surface area contributed by atoms with Gasteiger partial charge in [0.1, 0.15) is 17.3 Å². The van der Waals surface area contributed by atoms with Gasteiger partial charge < -0.3 is 14.6 Å². The van der Waals surface area contributed by atoms with Crippen LogP contribution in [-0.4, -0.2) is 25.4 Å². The highest BCUT2D eigenvalue weighted by molar-refractivity contribution is 5.37. The van der Waals surface area contributed by atoms with Crippen LogP contribution in [0.15, 0.2) is 24.3 Å². The molecular formula is C14H17NO3. The molecule has 0 bridgehead atoms. The van der Waals surface area contributed by atoms with Gasteiger partial charge in [0.2, 0.25) is 0 Å². The van der Waals surface area contributed by atoms with E-state index in [4.69, 9.17) is 9.47 Å². The van der Waals surface area contributed by atoms with Gasteiger partial charge in [-0.15, -0.1) is 0 Å². The number of nitrogens with zero attached hydrogens (tertiary/aromatic N) is 1. The molecule has 0 aromatic heterocycles. The third-order valence-electron chi connectivity index (χ3n) is 3.45. The normalized spacial score (nSPS) is 25.2. The molecule has 4 heteroatoms. The van der Waals surface area contributed by atoms with Crippen molar-refractivity contribution >= 4 is 0 Å². The van der Waals surface area contributed by atoms with Crippen LogP contribution < -0.4 is 4.74 Å². The molecule has 1 aromatic rings. The van der Waals surface area contributed by atoms with Gasteiger partial charge in [-0.3, -0.25) is 0 Å². The molecule has 1 heterocycles. The molecule has 2 atom stereocenters. The van der Waals surface area contributed by atoms with Gasteiger partial charge in [0.15, 0.2) is 0 Å². The van der Waals surface area contributed by atoms with E-state index in [0.29, 0.717) is 24.3 Å². The maximum Gasteiger partial charge on any atom is 0.124 e. The first-order chi connectivity index (χ1) is 8.73. The minimum Gasteiger partial charge on any atom is -0.496 e. The fourth-order valence-electron chi connectivity index (χ4n) is 2.37. The summed E-state index contributed by atoms with van der Waals surface area (Å²) in [5, 5.41) is 19.9. The van der Waals surface area contributed by atoms with Crippen LogP contribution in [0.4, 0.5) is 0 Å². The minimum atomic E-state index is -0.890. The zero-order valence-electron chi connectivity index (χ0n) is 10.4. The first kappa shape index (κ1) is 12.9. The Morgan fingerprint density at radius 1 is 1.50 bits per heavy atom. The number of hydrogen-bond donors (Lipinski definition) is 1. The number of aliphatic hydroxyl groups excluding tert-OH is 1. The molecule has 4 nitrogen and oxygen atoms in total. The summed E-state index contributed by atoms with van der Waals surface area (Å²) in [5.41, 5.74) is -0.223. The topological polar surface area (TPSA) is 62.5 Å². The second-order valence-electron chi connectivity index (χ2n) is 4.57. The predicted octanol–water partition coefficient (Wildman–Crippen LogP) is 2.05. The Balaban J connectivity index is 2.34. The van der Waals surface area contributed by atoms with Gasteiger partial charge >= 0.3 is 0 Å². The number of nitriles is 1. The highest BCUT2D eigenvalue weighted by Gasteiger charge is 2.42. The number of hydrogen-bond acceptors (Lipinski definition) is 4. The van der Waals surface area contributed by atoms with E-state index >= 15 is 0 Å². The third-order valence-corrected chi connectivity index (χ3v) is 3.45. The lowest BCUT2D eigenvalue weighted by Crippen LogP contribution is -2.36. The Morgan fingerprint density at radius 2 is 2.28 bits per heavy atom. The maximum atomic E-state index is 10.5. The van der Waals surface area contributed by atoms with Crippen molar-refractivity contribution in [3.63, 3.8) is 0 Å². The molecule has 0 spiro atoms. The number of methoxy groups -OCH3 is 1. The fraction of sp³-hybridized carbons (Fsp3) is 0.500. The SMILES string of the molecule is COc1ccccc1C(O)C1(C#N)CCCOC1. The summed E-state index contributed by atoms with van der Waals surface area (Å²) in [4.78, 5) is 0. The van der Waals surface area contributed by atoms with Crippen LogP contribution in [0.5, 0.6) is 5.75 Å². The Labute approximate surface area is 107 Å². The van der Waals surface area contributed by atoms with Crippen LogP contribution >= 0.6 is 0 Å². The standard InChI is InChI=1S/C14H17NO3/c1-17-12-6-3-2-5-11(12)13(16)14(9-15)7-4-8-18-10-14/h2-3,5-6,13,16H,4,7-8,10H2,1H3. The molecule has 18 heavy (non-hydrogen) atoms. The van der Waals surface area contributed by atoms with Gasteiger partial charge in [-0.1, -0.05) is 18.2 Å². The predicted molar refractivity (Wildman–Crippen MR) is 66.1 cm³/mol. The smallest absolute Gasteiger partial charge is 0.124 e. The number of para-hydroxylation sites is 1. The Bertz CT molecular complexity index is 447. The molecule has 0 radical (unpaired) electrons. The Hall–Kier alpha value is -1.57. The van der Waals surface area contributed by atoms with Crippen molar-refractivity contribution in [1.82, 2.24) is 0 Å². The van der Waals surface area contributed by atoms with E-state index in [1.165, 1.54) is 0 Å². The Kier molecular flexibility index (Phi) is 3.85. The first-order valence-electron chi connectivity index (χ1n) is 6.03. The van der Waals surface area contributed by atoms with Gasteiger partial charge in [-0.2, -0.15) is 5.26 Å². The molecule has 1 aliphatic heterocycles. The molecule has 1 fully saturated rings. The van der Waals surface area contributed by atoms with Crippen LogP contribution in [0.25, 0.3) is 0 Å². The first-order valence-corrected chi connectivity index (χ1v) is 6.03. The summed E-state index contributed by atoms with van der Waals surface area (Å²) in [6, 6.07) is 9.48. The molecule has 1 saturated heterocycles. The largest absolute Gasteiger partial charge is 0.496 e. The van der Waals surface area contributed by atoms with E-state index in [-0.39, 0.29) is 6.61 Å². The van der Waals surface area contributed by atoms with Crippen molar-refractivity contribution in [2.45, 2.75) is 18.9 Å². The van der Waals surface area contributed by atoms with Crippen LogP contribution in [0, 0.1) is 16.7 Å². The summed E-state index contributed by atoms with van der Waals surface area (Å²) in [7, 11) is 1.56. The number of ether oxygens (including phenoxy) is 2. The molecule has 2 rings (SSSR count). The van der Waals surface area contributed by atoms with Crippen molar-refractivity contribution in [3.05, 3.63) is 29.8 Å². The number of rotatable bonds is 3.